The lowest BCUT2D eigenvalue weighted by molar-refractivity contribution is -0.142. The topological polar surface area (TPSA) is 46.9 Å². The van der Waals surface area contributed by atoms with Gasteiger partial charge in [-0.3, -0.25) is 9.48 Å². The Balaban J connectivity index is 1.76. The van der Waals surface area contributed by atoms with Crippen molar-refractivity contribution in [3.63, 3.8) is 0 Å². The van der Waals surface area contributed by atoms with Crippen LogP contribution in [-0.2, 0) is 30.4 Å². The van der Waals surface area contributed by atoms with E-state index in [-0.39, 0.29) is 24.1 Å². The van der Waals surface area contributed by atoms with Gasteiger partial charge in [0.25, 0.3) is 0 Å². The van der Waals surface area contributed by atoms with Crippen LogP contribution in [0.1, 0.15) is 48.3 Å². The second kappa shape index (κ2) is 6.90. The molecule has 0 radical (unpaired) electrons. The number of benzene rings is 1. The van der Waals surface area contributed by atoms with Crippen LogP contribution in [0.4, 0.5) is 13.2 Å². The molecule has 2 aromatic rings. The van der Waals surface area contributed by atoms with Crippen LogP contribution in [0.5, 0.6) is 0 Å². The Labute approximate surface area is 144 Å². The minimum Gasteiger partial charge on any atom is -0.348 e. The van der Waals surface area contributed by atoms with Crippen molar-refractivity contribution in [2.45, 2.75) is 51.4 Å². The van der Waals surface area contributed by atoms with E-state index in [4.69, 9.17) is 0 Å². The average molecular weight is 351 g/mol. The molecule has 0 bridgehead atoms. The number of hydrogen-bond donors (Lipinski definition) is 1. The first-order valence-electron chi connectivity index (χ1n) is 8.36. The van der Waals surface area contributed by atoms with Crippen LogP contribution in [0.25, 0.3) is 0 Å². The second-order valence-corrected chi connectivity index (χ2v) is 6.34. The van der Waals surface area contributed by atoms with E-state index < -0.39 is 11.9 Å². The van der Waals surface area contributed by atoms with Crippen molar-refractivity contribution in [2.75, 3.05) is 0 Å². The van der Waals surface area contributed by atoms with Gasteiger partial charge in [-0.25, -0.2) is 0 Å². The summed E-state index contributed by atoms with van der Waals surface area (Å²) < 4.78 is 40.8. The molecule has 3 rings (SSSR count). The Morgan fingerprint density at radius 2 is 1.92 bits per heavy atom. The zero-order chi connectivity index (χ0) is 18.0. The highest BCUT2D eigenvalue weighted by Gasteiger charge is 2.39. The molecular weight excluding hydrogens is 331 g/mol. The normalized spacial score (nSPS) is 15.5. The molecule has 1 N–H and O–H groups in total. The van der Waals surface area contributed by atoms with E-state index in [1.165, 1.54) is 4.68 Å². The third kappa shape index (κ3) is 3.86. The van der Waals surface area contributed by atoms with E-state index in [1.54, 1.807) is 0 Å². The van der Waals surface area contributed by atoms with Crippen molar-refractivity contribution in [2.24, 2.45) is 0 Å². The summed E-state index contributed by atoms with van der Waals surface area (Å²) in [7, 11) is 0. The predicted octanol–water partition coefficient (Wildman–Crippen LogP) is 3.66. The molecule has 1 aromatic carbocycles. The van der Waals surface area contributed by atoms with Crippen LogP contribution in [0.15, 0.2) is 30.3 Å². The number of fused-ring (bicyclic) bond motifs is 1. The number of carbonyl (C=O) groups excluding carboxylic acids is 1. The summed E-state index contributed by atoms with van der Waals surface area (Å²) in [6.07, 6.45) is -2.05. The lowest BCUT2D eigenvalue weighted by Crippen LogP contribution is -2.31. The predicted molar refractivity (Wildman–Crippen MR) is 86.9 cm³/mol. The van der Waals surface area contributed by atoms with Crippen LogP contribution >= 0.6 is 0 Å². The van der Waals surface area contributed by atoms with Crippen LogP contribution in [0.2, 0.25) is 0 Å². The maximum atomic E-state index is 13.2. The first-order valence-corrected chi connectivity index (χ1v) is 8.36. The molecule has 1 aliphatic rings. The largest absolute Gasteiger partial charge is 0.435 e. The molecule has 0 aliphatic heterocycles. The molecule has 0 saturated heterocycles. The highest BCUT2D eigenvalue weighted by atomic mass is 19.4. The summed E-state index contributed by atoms with van der Waals surface area (Å²) in [5.74, 6) is -0.346. The number of halogens is 3. The smallest absolute Gasteiger partial charge is 0.348 e. The Morgan fingerprint density at radius 3 is 2.60 bits per heavy atom. The van der Waals surface area contributed by atoms with Gasteiger partial charge in [0.1, 0.15) is 6.54 Å². The third-order valence-corrected chi connectivity index (χ3v) is 4.50. The highest BCUT2D eigenvalue weighted by Crippen LogP contribution is 2.35. The molecule has 1 aliphatic carbocycles. The molecule has 1 atom stereocenters. The standard InChI is InChI=1S/C18H20F3N3O/c1-12(13-7-3-2-4-8-13)22-16(25)11-24-15-10-6-5-9-14(15)17(23-24)18(19,20)21/h2-4,7-8,12H,5-6,9-11H2,1H3,(H,22,25)/t12-/m0/s1. The van der Waals surface area contributed by atoms with E-state index in [0.29, 0.717) is 18.5 Å². The molecule has 0 fully saturated rings. The van der Waals surface area contributed by atoms with E-state index in [1.807, 2.05) is 37.3 Å². The zero-order valence-electron chi connectivity index (χ0n) is 13.9. The molecule has 1 heterocycles. The summed E-state index contributed by atoms with van der Waals surface area (Å²) >= 11 is 0. The van der Waals surface area contributed by atoms with Crippen molar-refractivity contribution in [3.8, 4) is 0 Å². The van der Waals surface area contributed by atoms with Gasteiger partial charge >= 0.3 is 6.18 Å². The second-order valence-electron chi connectivity index (χ2n) is 6.34. The monoisotopic (exact) mass is 351 g/mol. The van der Waals surface area contributed by atoms with Gasteiger partial charge in [0.2, 0.25) is 5.91 Å². The Kier molecular flexibility index (Phi) is 4.83. The average Bonchev–Trinajstić information content (AvgIpc) is 2.94. The minimum absolute atomic E-state index is 0.199. The quantitative estimate of drug-likeness (QED) is 0.914. The number of nitrogens with zero attached hydrogens (tertiary/aromatic N) is 2. The molecule has 25 heavy (non-hydrogen) atoms. The van der Waals surface area contributed by atoms with Crippen molar-refractivity contribution < 1.29 is 18.0 Å². The Hall–Kier alpha value is -2.31. The van der Waals surface area contributed by atoms with Gasteiger partial charge in [-0.15, -0.1) is 0 Å². The number of hydrogen-bond acceptors (Lipinski definition) is 2. The summed E-state index contributed by atoms with van der Waals surface area (Å²) in [5, 5.41) is 6.53. The van der Waals surface area contributed by atoms with Crippen molar-refractivity contribution in [1.29, 1.82) is 0 Å². The first kappa shape index (κ1) is 17.5. The molecular formula is C18H20F3N3O. The van der Waals surface area contributed by atoms with Gasteiger partial charge in [0, 0.05) is 11.3 Å². The fourth-order valence-electron chi connectivity index (χ4n) is 3.28. The number of nitrogens with one attached hydrogen (secondary N) is 1. The van der Waals surface area contributed by atoms with Gasteiger partial charge in [-0.1, -0.05) is 30.3 Å². The van der Waals surface area contributed by atoms with Crippen molar-refractivity contribution in [3.05, 3.63) is 52.8 Å². The van der Waals surface area contributed by atoms with E-state index in [9.17, 15) is 18.0 Å². The van der Waals surface area contributed by atoms with Crippen LogP contribution in [0, 0.1) is 0 Å². The number of alkyl halides is 3. The molecule has 0 unspecified atom stereocenters. The molecule has 4 nitrogen and oxygen atoms in total. The third-order valence-electron chi connectivity index (χ3n) is 4.50. The number of aromatic nitrogens is 2. The molecule has 134 valence electrons. The summed E-state index contributed by atoms with van der Waals surface area (Å²) in [5.41, 5.74) is 0.893. The number of carbonyl (C=O) groups is 1. The first-order chi connectivity index (χ1) is 11.9. The molecule has 0 saturated carbocycles. The summed E-state index contributed by atoms with van der Waals surface area (Å²) in [6, 6.07) is 9.19. The lowest BCUT2D eigenvalue weighted by Gasteiger charge is -2.16. The van der Waals surface area contributed by atoms with Gasteiger partial charge in [0.05, 0.1) is 6.04 Å². The van der Waals surface area contributed by atoms with E-state index >= 15 is 0 Å². The fourth-order valence-corrected chi connectivity index (χ4v) is 3.28. The maximum absolute atomic E-state index is 13.2. The summed E-state index contributed by atoms with van der Waals surface area (Å²) in [6.45, 7) is 1.64. The maximum Gasteiger partial charge on any atom is 0.435 e. The minimum atomic E-state index is -4.49. The zero-order valence-corrected chi connectivity index (χ0v) is 13.9. The number of amides is 1. The van der Waals surface area contributed by atoms with Crippen molar-refractivity contribution >= 4 is 5.91 Å². The van der Waals surface area contributed by atoms with Crippen LogP contribution < -0.4 is 5.32 Å². The number of rotatable bonds is 4. The van der Waals surface area contributed by atoms with Gasteiger partial charge in [0.15, 0.2) is 5.69 Å². The molecule has 7 heteroatoms. The van der Waals surface area contributed by atoms with Crippen LogP contribution in [-0.4, -0.2) is 15.7 Å². The highest BCUT2D eigenvalue weighted by molar-refractivity contribution is 5.76. The van der Waals surface area contributed by atoms with E-state index in [0.717, 1.165) is 18.4 Å². The van der Waals surface area contributed by atoms with Gasteiger partial charge < -0.3 is 5.32 Å². The van der Waals surface area contributed by atoms with Crippen molar-refractivity contribution in [1.82, 2.24) is 15.1 Å². The molecule has 1 aromatic heterocycles. The Morgan fingerprint density at radius 1 is 1.24 bits per heavy atom. The van der Waals surface area contributed by atoms with E-state index in [2.05, 4.69) is 10.4 Å². The van der Waals surface area contributed by atoms with Gasteiger partial charge in [-0.2, -0.15) is 18.3 Å². The lowest BCUT2D eigenvalue weighted by atomic mass is 9.95. The summed E-state index contributed by atoms with van der Waals surface area (Å²) in [4.78, 5) is 12.3. The Bertz CT molecular complexity index is 753. The fraction of sp³-hybridized carbons (Fsp3) is 0.444. The van der Waals surface area contributed by atoms with Gasteiger partial charge in [-0.05, 0) is 38.2 Å². The molecule has 0 spiro atoms. The van der Waals surface area contributed by atoms with Crippen LogP contribution in [0.3, 0.4) is 0 Å². The molecule has 1 amide bonds. The SMILES string of the molecule is C[C@H](NC(=O)Cn1nc(C(F)(F)F)c2c1CCCC2)c1ccccc1.